The van der Waals surface area contributed by atoms with Crippen molar-refractivity contribution in [2.75, 3.05) is 6.61 Å². The van der Waals surface area contributed by atoms with E-state index in [1.165, 1.54) is 0 Å². The second kappa shape index (κ2) is 6.18. The molecule has 1 aromatic carbocycles. The van der Waals surface area contributed by atoms with Crippen molar-refractivity contribution in [1.82, 2.24) is 9.97 Å². The molecule has 5 nitrogen and oxygen atoms in total. The van der Waals surface area contributed by atoms with Gasteiger partial charge in [-0.2, -0.15) is 0 Å². The Balaban J connectivity index is 2.07. The highest BCUT2D eigenvalue weighted by molar-refractivity contribution is 9.15. The summed E-state index contributed by atoms with van der Waals surface area (Å²) in [5.74, 6) is 0.631. The third kappa shape index (κ3) is 2.75. The van der Waals surface area contributed by atoms with Gasteiger partial charge in [0.15, 0.2) is 0 Å². The van der Waals surface area contributed by atoms with E-state index < -0.39 is 12.2 Å². The van der Waals surface area contributed by atoms with E-state index in [1.807, 2.05) is 0 Å². The summed E-state index contributed by atoms with van der Waals surface area (Å²) < 4.78 is 9.04. The fourth-order valence-corrected chi connectivity index (χ4v) is 4.62. The topological polar surface area (TPSA) is 78.4 Å². The monoisotopic (exact) mass is 546 g/mol. The van der Waals surface area contributed by atoms with E-state index in [4.69, 9.17) is 9.84 Å². The molecule has 0 radical (unpaired) electrons. The average Bonchev–Trinajstić information content (AvgIpc) is 3.06. The number of fused-ring (bicyclic) bond motifs is 1. The van der Waals surface area contributed by atoms with Gasteiger partial charge in [0, 0.05) is 15.4 Å². The minimum absolute atomic E-state index is 0.206. The zero-order chi connectivity index (χ0) is 15.3. The Kier molecular flexibility index (Phi) is 4.81. The van der Waals surface area contributed by atoms with Gasteiger partial charge in [-0.3, -0.25) is 0 Å². The van der Waals surface area contributed by atoms with E-state index in [-0.39, 0.29) is 12.7 Å². The van der Waals surface area contributed by atoms with Crippen LogP contribution in [0.5, 0.6) is 0 Å². The van der Waals surface area contributed by atoms with Crippen LogP contribution in [0.1, 0.15) is 18.3 Å². The summed E-state index contributed by atoms with van der Waals surface area (Å²) >= 11 is 14.0. The summed E-state index contributed by atoms with van der Waals surface area (Å²) in [5.41, 5.74) is 1.59. The lowest BCUT2D eigenvalue weighted by molar-refractivity contribution is -0.0244. The van der Waals surface area contributed by atoms with E-state index in [0.29, 0.717) is 12.2 Å². The Bertz CT molecular complexity index is 661. The average molecular weight is 550 g/mol. The number of halogens is 4. The van der Waals surface area contributed by atoms with Gasteiger partial charge in [0.2, 0.25) is 0 Å². The van der Waals surface area contributed by atoms with Crippen molar-refractivity contribution in [2.24, 2.45) is 0 Å². The first-order valence-electron chi connectivity index (χ1n) is 6.10. The lowest BCUT2D eigenvalue weighted by atomic mass is 10.1. The van der Waals surface area contributed by atoms with Gasteiger partial charge in [0.1, 0.15) is 23.5 Å². The molecular weight excluding hydrogens is 540 g/mol. The quantitative estimate of drug-likeness (QED) is 0.393. The van der Waals surface area contributed by atoms with Crippen molar-refractivity contribution in [2.45, 2.75) is 24.7 Å². The second-order valence-electron chi connectivity index (χ2n) is 4.75. The maximum atomic E-state index is 9.83. The zero-order valence-corrected chi connectivity index (χ0v) is 16.8. The highest BCUT2D eigenvalue weighted by Gasteiger charge is 2.36. The molecule has 2 heterocycles. The molecule has 3 N–H and O–H groups in total. The van der Waals surface area contributed by atoms with Crippen LogP contribution >= 0.6 is 63.7 Å². The summed E-state index contributed by atoms with van der Waals surface area (Å²) in [4.78, 5) is 7.78. The first-order valence-corrected chi connectivity index (χ1v) is 9.27. The number of imidazole rings is 1. The summed E-state index contributed by atoms with van der Waals surface area (Å²) in [6.45, 7) is -0.206. The Morgan fingerprint density at radius 3 is 2.43 bits per heavy atom. The van der Waals surface area contributed by atoms with E-state index in [1.54, 1.807) is 0 Å². The molecule has 0 saturated carbocycles. The van der Waals surface area contributed by atoms with Crippen LogP contribution in [0.25, 0.3) is 11.0 Å². The standard InChI is InChI=1S/C12H10Br4N2O3/c13-6-7(14)9(16)11-10(8(6)15)17-12(18-11)4-1-3(20)5(2-19)21-4/h3-5,19-20H,1-2H2,(H,17,18)/t3-,4?,5+/m0/s1. The Labute approximate surface area is 154 Å². The first kappa shape index (κ1) is 16.4. The third-order valence-corrected chi connectivity index (χ3v) is 8.18. The fourth-order valence-electron chi connectivity index (χ4n) is 2.34. The van der Waals surface area contributed by atoms with Crippen LogP contribution in [0.15, 0.2) is 17.9 Å². The number of benzene rings is 1. The fraction of sp³-hybridized carbons (Fsp3) is 0.417. The maximum absolute atomic E-state index is 9.83. The van der Waals surface area contributed by atoms with Crippen molar-refractivity contribution in [3.63, 3.8) is 0 Å². The molecule has 3 atom stereocenters. The summed E-state index contributed by atoms with van der Waals surface area (Å²) in [7, 11) is 0. The van der Waals surface area contributed by atoms with E-state index in [9.17, 15) is 5.11 Å². The van der Waals surface area contributed by atoms with Gasteiger partial charge >= 0.3 is 0 Å². The van der Waals surface area contributed by atoms with Gasteiger partial charge in [-0.15, -0.1) is 0 Å². The van der Waals surface area contributed by atoms with Crippen LogP contribution in [0.3, 0.4) is 0 Å². The largest absolute Gasteiger partial charge is 0.394 e. The summed E-state index contributed by atoms with van der Waals surface area (Å²) in [5, 5.41) is 19.0. The number of H-pyrrole nitrogens is 1. The van der Waals surface area contributed by atoms with E-state index >= 15 is 0 Å². The molecule has 1 unspecified atom stereocenters. The van der Waals surface area contributed by atoms with Crippen molar-refractivity contribution in [3.05, 3.63) is 23.7 Å². The lowest BCUT2D eigenvalue weighted by Gasteiger charge is -2.09. The molecule has 0 aliphatic carbocycles. The van der Waals surface area contributed by atoms with Crippen molar-refractivity contribution < 1.29 is 14.9 Å². The van der Waals surface area contributed by atoms with Gasteiger partial charge in [0.05, 0.1) is 27.2 Å². The number of aromatic amines is 1. The lowest BCUT2D eigenvalue weighted by Crippen LogP contribution is -2.24. The SMILES string of the molecule is OC[C@H]1OC(c2nc3c(Br)c(Br)c(Br)c(Br)c3[nH]2)C[C@@H]1O. The second-order valence-corrected chi connectivity index (χ2v) is 7.92. The molecule has 9 heteroatoms. The molecule has 0 bridgehead atoms. The van der Waals surface area contributed by atoms with Crippen LogP contribution in [0, 0.1) is 0 Å². The van der Waals surface area contributed by atoms with Crippen molar-refractivity contribution in [1.29, 1.82) is 0 Å². The van der Waals surface area contributed by atoms with Crippen LogP contribution in [-0.2, 0) is 4.74 Å². The molecule has 1 aromatic heterocycles. The molecule has 0 amide bonds. The number of aliphatic hydroxyl groups excluding tert-OH is 2. The Morgan fingerprint density at radius 1 is 1.14 bits per heavy atom. The number of nitrogens with zero attached hydrogens (tertiary/aromatic N) is 1. The molecule has 114 valence electrons. The number of aromatic nitrogens is 2. The number of ether oxygens (including phenoxy) is 1. The smallest absolute Gasteiger partial charge is 0.136 e. The van der Waals surface area contributed by atoms with Gasteiger partial charge < -0.3 is 19.9 Å². The van der Waals surface area contributed by atoms with Crippen molar-refractivity contribution in [3.8, 4) is 0 Å². The van der Waals surface area contributed by atoms with Crippen LogP contribution < -0.4 is 0 Å². The number of hydrogen-bond donors (Lipinski definition) is 3. The van der Waals surface area contributed by atoms with E-state index in [0.717, 1.165) is 28.9 Å². The van der Waals surface area contributed by atoms with Gasteiger partial charge in [-0.05, 0) is 63.7 Å². The molecule has 1 saturated heterocycles. The molecular formula is C12H10Br4N2O3. The third-order valence-electron chi connectivity index (χ3n) is 3.44. The molecule has 1 aliphatic heterocycles. The molecule has 21 heavy (non-hydrogen) atoms. The summed E-state index contributed by atoms with van der Waals surface area (Å²) in [6.07, 6.45) is -1.20. The van der Waals surface area contributed by atoms with Crippen LogP contribution in [0.2, 0.25) is 0 Å². The molecule has 2 aromatic rings. The predicted molar refractivity (Wildman–Crippen MR) is 92.2 cm³/mol. The normalized spacial score (nSPS) is 25.9. The Hall–Kier alpha value is 0.490. The predicted octanol–water partition coefficient (Wildman–Crippen LogP) is 3.80. The molecule has 1 fully saturated rings. The number of rotatable bonds is 2. The zero-order valence-electron chi connectivity index (χ0n) is 10.4. The minimum atomic E-state index is -0.682. The van der Waals surface area contributed by atoms with Crippen molar-refractivity contribution >= 4 is 74.8 Å². The number of aliphatic hydroxyl groups is 2. The van der Waals surface area contributed by atoms with Crippen LogP contribution in [0.4, 0.5) is 0 Å². The van der Waals surface area contributed by atoms with Gasteiger partial charge in [-0.25, -0.2) is 4.98 Å². The van der Waals surface area contributed by atoms with E-state index in [2.05, 4.69) is 73.7 Å². The maximum Gasteiger partial charge on any atom is 0.136 e. The highest BCUT2D eigenvalue weighted by Crippen LogP contribution is 2.43. The minimum Gasteiger partial charge on any atom is -0.394 e. The highest BCUT2D eigenvalue weighted by atomic mass is 79.9. The molecule has 0 spiro atoms. The summed E-state index contributed by atoms with van der Waals surface area (Å²) in [6, 6.07) is 0. The number of nitrogens with one attached hydrogen (secondary N) is 1. The van der Waals surface area contributed by atoms with Gasteiger partial charge in [-0.1, -0.05) is 0 Å². The molecule has 1 aliphatic rings. The van der Waals surface area contributed by atoms with Gasteiger partial charge in [0.25, 0.3) is 0 Å². The Morgan fingerprint density at radius 2 is 1.81 bits per heavy atom. The first-order chi connectivity index (χ1) is 9.93. The number of hydrogen-bond acceptors (Lipinski definition) is 4. The molecule has 3 rings (SSSR count). The van der Waals surface area contributed by atoms with Crippen LogP contribution in [-0.4, -0.2) is 39.0 Å².